The number of amides is 4. The van der Waals surface area contributed by atoms with Crippen LogP contribution in [0, 0.1) is 0 Å². The van der Waals surface area contributed by atoms with Crippen molar-refractivity contribution in [1.82, 2.24) is 30.9 Å². The zero-order valence-electron chi connectivity index (χ0n) is 24.7. The van der Waals surface area contributed by atoms with Gasteiger partial charge in [-0.05, 0) is 35.7 Å². The topological polar surface area (TPSA) is 258 Å². The fraction of sp³-hybridized carbons (Fsp3) is 0.290. The van der Waals surface area contributed by atoms with E-state index in [1.165, 1.54) is 36.8 Å². The molecular formula is C31H36N8O7. The Morgan fingerprint density at radius 2 is 1.48 bits per heavy atom. The first-order valence-electron chi connectivity index (χ1n) is 14.5. The summed E-state index contributed by atoms with van der Waals surface area (Å²) in [5.74, 6) is -4.15. The van der Waals surface area contributed by atoms with Gasteiger partial charge in [-0.15, -0.1) is 0 Å². The number of aromatic amines is 2. The molecule has 4 atom stereocenters. The van der Waals surface area contributed by atoms with E-state index in [-0.39, 0.29) is 37.9 Å². The molecule has 15 heteroatoms. The third-order valence-electron chi connectivity index (χ3n) is 7.37. The van der Waals surface area contributed by atoms with Crippen molar-refractivity contribution in [3.8, 4) is 5.75 Å². The summed E-state index contributed by atoms with van der Waals surface area (Å²) in [7, 11) is 0. The molecule has 0 aliphatic rings. The lowest BCUT2D eigenvalue weighted by atomic mass is 10.0. The van der Waals surface area contributed by atoms with Crippen molar-refractivity contribution >= 4 is 40.5 Å². The number of para-hydroxylation sites is 1. The van der Waals surface area contributed by atoms with Crippen molar-refractivity contribution in [2.45, 2.75) is 56.3 Å². The maximum atomic E-state index is 13.8. The number of carboxylic acid groups (broad SMARTS) is 1. The van der Waals surface area contributed by atoms with Crippen molar-refractivity contribution in [3.63, 3.8) is 0 Å². The van der Waals surface area contributed by atoms with Gasteiger partial charge in [0.05, 0.1) is 12.4 Å². The number of carbonyl (C=O) groups is 5. The number of nitrogens with zero attached hydrogens (tertiary/aromatic N) is 1. The number of aromatic nitrogens is 3. The molecule has 4 amide bonds. The number of aromatic hydroxyl groups is 1. The van der Waals surface area contributed by atoms with Crippen LogP contribution in [0.3, 0.4) is 0 Å². The molecule has 46 heavy (non-hydrogen) atoms. The van der Waals surface area contributed by atoms with Crippen LogP contribution < -0.4 is 27.4 Å². The largest absolute Gasteiger partial charge is 0.508 e. The van der Waals surface area contributed by atoms with Gasteiger partial charge in [0.2, 0.25) is 23.6 Å². The Balaban J connectivity index is 1.56. The normalized spacial score (nSPS) is 13.7. The Hall–Kier alpha value is -5.70. The highest BCUT2D eigenvalue weighted by Crippen LogP contribution is 2.19. The van der Waals surface area contributed by atoms with Gasteiger partial charge in [-0.3, -0.25) is 19.2 Å². The maximum absolute atomic E-state index is 13.8. The first-order chi connectivity index (χ1) is 22.0. The van der Waals surface area contributed by atoms with Gasteiger partial charge in [-0.25, -0.2) is 9.78 Å². The molecule has 2 aromatic heterocycles. The first-order valence-corrected chi connectivity index (χ1v) is 14.5. The molecule has 15 nitrogen and oxygen atoms in total. The molecule has 2 heterocycles. The van der Waals surface area contributed by atoms with Gasteiger partial charge in [0.25, 0.3) is 0 Å². The summed E-state index contributed by atoms with van der Waals surface area (Å²) in [5, 5.41) is 28.0. The highest BCUT2D eigenvalue weighted by Gasteiger charge is 2.31. The van der Waals surface area contributed by atoms with E-state index in [4.69, 9.17) is 11.5 Å². The summed E-state index contributed by atoms with van der Waals surface area (Å²) in [4.78, 5) is 73.6. The molecular weight excluding hydrogens is 596 g/mol. The van der Waals surface area contributed by atoms with E-state index >= 15 is 0 Å². The van der Waals surface area contributed by atoms with Gasteiger partial charge >= 0.3 is 5.97 Å². The quantitative estimate of drug-likeness (QED) is 0.0788. The summed E-state index contributed by atoms with van der Waals surface area (Å²) < 4.78 is 0. The van der Waals surface area contributed by atoms with Crippen molar-refractivity contribution in [2.75, 3.05) is 0 Å². The third-order valence-corrected chi connectivity index (χ3v) is 7.37. The second-order valence-corrected chi connectivity index (χ2v) is 10.8. The molecule has 0 aliphatic heterocycles. The second kappa shape index (κ2) is 15.3. The zero-order chi connectivity index (χ0) is 33.2. The van der Waals surface area contributed by atoms with Crippen LogP contribution in [0.1, 0.15) is 29.7 Å². The molecule has 4 unspecified atom stereocenters. The summed E-state index contributed by atoms with van der Waals surface area (Å²) >= 11 is 0. The molecule has 11 N–H and O–H groups in total. The fourth-order valence-corrected chi connectivity index (χ4v) is 4.88. The van der Waals surface area contributed by atoms with Crippen LogP contribution in [0.4, 0.5) is 0 Å². The molecule has 4 rings (SSSR count). The van der Waals surface area contributed by atoms with Gasteiger partial charge in [0.15, 0.2) is 0 Å². The summed E-state index contributed by atoms with van der Waals surface area (Å²) in [5.41, 5.74) is 13.7. The van der Waals surface area contributed by atoms with Crippen molar-refractivity contribution in [2.24, 2.45) is 11.5 Å². The highest BCUT2D eigenvalue weighted by atomic mass is 16.4. The second-order valence-electron chi connectivity index (χ2n) is 10.8. The summed E-state index contributed by atoms with van der Waals surface area (Å²) in [6.45, 7) is 0. The van der Waals surface area contributed by atoms with Crippen LogP contribution in [0.15, 0.2) is 67.3 Å². The SMILES string of the molecule is NC(=O)CCC(N)C(=O)NC(Cc1c[nH]c2ccccc12)C(=O)NC(Cc1cnc[nH]1)C(=O)NC(Cc1ccc(O)cc1)C(=O)O. The predicted octanol–water partition coefficient (Wildman–Crippen LogP) is -0.244. The van der Waals surface area contributed by atoms with E-state index in [9.17, 15) is 34.2 Å². The molecule has 0 saturated carbocycles. The van der Waals surface area contributed by atoms with E-state index in [0.29, 0.717) is 16.8 Å². The molecule has 0 fully saturated rings. The van der Waals surface area contributed by atoms with E-state index < -0.39 is 53.8 Å². The fourth-order valence-electron chi connectivity index (χ4n) is 4.88. The minimum absolute atomic E-state index is 0.00472. The van der Waals surface area contributed by atoms with Crippen LogP contribution in [0.5, 0.6) is 5.75 Å². The molecule has 0 aliphatic carbocycles. The molecule has 2 aromatic carbocycles. The standard InChI is InChI=1S/C31H36N8O7/c32-22(9-10-27(33)41)28(42)37-24(12-18-14-35-23-4-2-1-3-21(18)23)29(43)38-25(13-19-15-34-16-36-19)30(44)39-26(31(45)46)11-17-5-7-20(40)8-6-17/h1-8,14-16,22,24-26,35,40H,9-13,32H2,(H2,33,41)(H,34,36)(H,37,42)(H,38,43)(H,39,44)(H,45,46). The average Bonchev–Trinajstić information content (AvgIpc) is 3.69. The number of H-pyrrole nitrogens is 2. The number of phenolic OH excluding ortho intramolecular Hbond substituents is 1. The molecule has 242 valence electrons. The maximum Gasteiger partial charge on any atom is 0.326 e. The Morgan fingerprint density at radius 3 is 2.13 bits per heavy atom. The summed E-state index contributed by atoms with van der Waals surface area (Å²) in [6, 6.07) is 8.27. The number of carboxylic acids is 1. The Labute approximate surface area is 263 Å². The lowest BCUT2D eigenvalue weighted by Gasteiger charge is -2.25. The number of fused-ring (bicyclic) bond motifs is 1. The number of primary amides is 1. The van der Waals surface area contributed by atoms with Crippen molar-refractivity contribution in [1.29, 1.82) is 0 Å². The number of rotatable bonds is 16. The van der Waals surface area contributed by atoms with Crippen LogP contribution >= 0.6 is 0 Å². The van der Waals surface area contributed by atoms with E-state index in [1.807, 2.05) is 24.3 Å². The lowest BCUT2D eigenvalue weighted by molar-refractivity contribution is -0.142. The Kier molecular flexibility index (Phi) is 11.1. The number of nitrogens with two attached hydrogens (primary N) is 2. The smallest absolute Gasteiger partial charge is 0.326 e. The number of benzene rings is 2. The Bertz CT molecular complexity index is 1670. The van der Waals surface area contributed by atoms with Crippen molar-refractivity contribution < 1.29 is 34.2 Å². The van der Waals surface area contributed by atoms with E-state index in [1.54, 1.807) is 6.20 Å². The minimum atomic E-state index is -1.36. The average molecular weight is 633 g/mol. The number of carbonyl (C=O) groups excluding carboxylic acids is 4. The number of aliphatic carboxylic acids is 1. The van der Waals surface area contributed by atoms with Gasteiger partial charge in [-0.1, -0.05) is 30.3 Å². The number of nitrogens with one attached hydrogen (secondary N) is 5. The van der Waals surface area contributed by atoms with E-state index in [2.05, 4.69) is 30.9 Å². The predicted molar refractivity (Wildman–Crippen MR) is 166 cm³/mol. The minimum Gasteiger partial charge on any atom is -0.508 e. The number of hydrogen-bond acceptors (Lipinski definition) is 8. The third kappa shape index (κ3) is 9.15. The number of phenols is 1. The van der Waals surface area contributed by atoms with Gasteiger partial charge in [0, 0.05) is 54.7 Å². The van der Waals surface area contributed by atoms with Crippen LogP contribution in [-0.4, -0.2) is 78.9 Å². The zero-order valence-corrected chi connectivity index (χ0v) is 24.7. The monoisotopic (exact) mass is 632 g/mol. The van der Waals surface area contributed by atoms with Crippen LogP contribution in [-0.2, 0) is 43.2 Å². The highest BCUT2D eigenvalue weighted by molar-refractivity contribution is 5.95. The first kappa shape index (κ1) is 33.2. The number of hydrogen-bond donors (Lipinski definition) is 9. The lowest BCUT2D eigenvalue weighted by Crippen LogP contribution is -2.58. The van der Waals surface area contributed by atoms with Gasteiger partial charge in [-0.2, -0.15) is 0 Å². The molecule has 0 saturated heterocycles. The van der Waals surface area contributed by atoms with Gasteiger partial charge in [0.1, 0.15) is 23.9 Å². The molecule has 0 spiro atoms. The Morgan fingerprint density at radius 1 is 0.826 bits per heavy atom. The number of imidazole rings is 1. The van der Waals surface area contributed by atoms with Crippen LogP contribution in [0.25, 0.3) is 10.9 Å². The van der Waals surface area contributed by atoms with Crippen molar-refractivity contribution in [3.05, 3.63) is 84.1 Å². The van der Waals surface area contributed by atoms with Crippen LogP contribution in [0.2, 0.25) is 0 Å². The molecule has 4 aromatic rings. The molecule has 0 radical (unpaired) electrons. The molecule has 0 bridgehead atoms. The van der Waals surface area contributed by atoms with Gasteiger partial charge < -0.3 is 47.6 Å². The van der Waals surface area contributed by atoms with E-state index in [0.717, 1.165) is 10.9 Å². The summed E-state index contributed by atoms with van der Waals surface area (Å²) in [6.07, 6.45) is 4.25.